The van der Waals surface area contributed by atoms with Crippen LogP contribution in [0.5, 0.6) is 0 Å². The lowest BCUT2D eigenvalue weighted by Gasteiger charge is -2.22. The molecule has 0 bridgehead atoms. The van der Waals surface area contributed by atoms with Crippen molar-refractivity contribution in [1.82, 2.24) is 5.32 Å². The molecule has 0 saturated carbocycles. The average Bonchev–Trinajstić information content (AvgIpc) is 2.47. The number of nitrogens with one attached hydrogen (secondary N) is 1. The van der Waals surface area contributed by atoms with Crippen LogP contribution in [-0.4, -0.2) is 11.9 Å². The Morgan fingerprint density at radius 3 is 2.35 bits per heavy atom. The molecule has 0 aromatic heterocycles. The molecule has 0 spiro atoms. The number of carbonyl (C=O) groups is 1. The van der Waals surface area contributed by atoms with Crippen molar-refractivity contribution < 1.29 is 4.79 Å². The SMILES string of the molecule is CCC(CC)C(C)NC(=O)CCC(N)c1ccccc1. The summed E-state index contributed by atoms with van der Waals surface area (Å²) in [7, 11) is 0. The second-order valence-corrected chi connectivity index (χ2v) is 5.49. The van der Waals surface area contributed by atoms with E-state index in [0.29, 0.717) is 18.8 Å². The monoisotopic (exact) mass is 276 g/mol. The summed E-state index contributed by atoms with van der Waals surface area (Å²) in [5.74, 6) is 0.664. The van der Waals surface area contributed by atoms with E-state index in [2.05, 4.69) is 26.1 Å². The van der Waals surface area contributed by atoms with E-state index >= 15 is 0 Å². The standard InChI is InChI=1S/C17H28N2O/c1-4-14(5-2)13(3)19-17(20)12-11-16(18)15-9-7-6-8-10-15/h6-10,13-14,16H,4-5,11-12,18H2,1-3H3,(H,19,20). The van der Waals surface area contributed by atoms with Gasteiger partial charge in [0, 0.05) is 18.5 Å². The summed E-state index contributed by atoms with van der Waals surface area (Å²) in [6.45, 7) is 6.43. The van der Waals surface area contributed by atoms with Crippen molar-refractivity contribution in [1.29, 1.82) is 0 Å². The third-order valence-corrected chi connectivity index (χ3v) is 4.05. The highest BCUT2D eigenvalue weighted by atomic mass is 16.1. The lowest BCUT2D eigenvalue weighted by molar-refractivity contribution is -0.122. The smallest absolute Gasteiger partial charge is 0.220 e. The van der Waals surface area contributed by atoms with E-state index < -0.39 is 0 Å². The van der Waals surface area contributed by atoms with E-state index in [4.69, 9.17) is 5.73 Å². The number of amides is 1. The fraction of sp³-hybridized carbons (Fsp3) is 0.588. The highest BCUT2D eigenvalue weighted by Gasteiger charge is 2.16. The van der Waals surface area contributed by atoms with Gasteiger partial charge in [-0.1, -0.05) is 57.0 Å². The van der Waals surface area contributed by atoms with Gasteiger partial charge in [-0.2, -0.15) is 0 Å². The Bertz CT molecular complexity index is 387. The van der Waals surface area contributed by atoms with Crippen LogP contribution in [0.1, 0.15) is 58.1 Å². The van der Waals surface area contributed by atoms with Crippen LogP contribution < -0.4 is 11.1 Å². The number of benzene rings is 1. The average molecular weight is 276 g/mol. The number of rotatable bonds is 8. The van der Waals surface area contributed by atoms with Crippen molar-refractivity contribution in [2.45, 2.75) is 58.5 Å². The van der Waals surface area contributed by atoms with Crippen LogP contribution in [0.2, 0.25) is 0 Å². The van der Waals surface area contributed by atoms with E-state index in [-0.39, 0.29) is 18.0 Å². The highest BCUT2D eigenvalue weighted by molar-refractivity contribution is 5.76. The molecule has 0 fully saturated rings. The fourth-order valence-corrected chi connectivity index (χ4v) is 2.59. The number of hydrogen-bond acceptors (Lipinski definition) is 2. The van der Waals surface area contributed by atoms with E-state index in [1.54, 1.807) is 0 Å². The second-order valence-electron chi connectivity index (χ2n) is 5.49. The molecule has 0 aliphatic heterocycles. The van der Waals surface area contributed by atoms with E-state index in [1.165, 1.54) is 0 Å². The van der Waals surface area contributed by atoms with Crippen molar-refractivity contribution in [2.24, 2.45) is 11.7 Å². The van der Waals surface area contributed by atoms with Gasteiger partial charge in [0.25, 0.3) is 0 Å². The zero-order valence-electron chi connectivity index (χ0n) is 12.9. The number of carbonyl (C=O) groups excluding carboxylic acids is 1. The van der Waals surface area contributed by atoms with Gasteiger partial charge in [-0.3, -0.25) is 4.79 Å². The molecule has 1 rings (SSSR count). The largest absolute Gasteiger partial charge is 0.353 e. The molecule has 1 aromatic rings. The molecule has 0 heterocycles. The molecule has 0 aliphatic rings. The summed E-state index contributed by atoms with van der Waals surface area (Å²) in [4.78, 5) is 12.0. The Balaban J connectivity index is 2.36. The Morgan fingerprint density at radius 1 is 1.20 bits per heavy atom. The first-order chi connectivity index (χ1) is 9.58. The van der Waals surface area contributed by atoms with Crippen molar-refractivity contribution in [3.8, 4) is 0 Å². The first-order valence-corrected chi connectivity index (χ1v) is 7.68. The zero-order valence-corrected chi connectivity index (χ0v) is 12.9. The van der Waals surface area contributed by atoms with Crippen molar-refractivity contribution in [3.63, 3.8) is 0 Å². The maximum Gasteiger partial charge on any atom is 0.220 e. The predicted octanol–water partition coefficient (Wildman–Crippen LogP) is 3.41. The molecular weight excluding hydrogens is 248 g/mol. The first-order valence-electron chi connectivity index (χ1n) is 7.68. The third kappa shape index (κ3) is 5.33. The van der Waals surface area contributed by atoms with Gasteiger partial charge in [0.1, 0.15) is 0 Å². The Kier molecular flexibility index (Phi) is 7.31. The van der Waals surface area contributed by atoms with Crippen molar-refractivity contribution in [2.75, 3.05) is 0 Å². The molecule has 3 nitrogen and oxygen atoms in total. The van der Waals surface area contributed by atoms with Crippen LogP contribution in [0.15, 0.2) is 30.3 Å². The summed E-state index contributed by atoms with van der Waals surface area (Å²) in [5, 5.41) is 3.09. The molecule has 0 radical (unpaired) electrons. The third-order valence-electron chi connectivity index (χ3n) is 4.05. The van der Waals surface area contributed by atoms with Gasteiger partial charge in [-0.15, -0.1) is 0 Å². The van der Waals surface area contributed by atoms with Gasteiger partial charge < -0.3 is 11.1 Å². The van der Waals surface area contributed by atoms with Gasteiger partial charge in [0.2, 0.25) is 5.91 Å². The minimum atomic E-state index is -0.0644. The zero-order chi connectivity index (χ0) is 15.0. The van der Waals surface area contributed by atoms with Gasteiger partial charge in [-0.25, -0.2) is 0 Å². The Morgan fingerprint density at radius 2 is 1.80 bits per heavy atom. The lowest BCUT2D eigenvalue weighted by atomic mass is 9.95. The van der Waals surface area contributed by atoms with Crippen molar-refractivity contribution >= 4 is 5.91 Å². The quantitative estimate of drug-likeness (QED) is 0.764. The van der Waals surface area contributed by atoms with Crippen LogP contribution in [-0.2, 0) is 4.79 Å². The Hall–Kier alpha value is -1.35. The molecule has 0 saturated heterocycles. The lowest BCUT2D eigenvalue weighted by Crippen LogP contribution is -2.37. The number of hydrogen-bond donors (Lipinski definition) is 2. The fourth-order valence-electron chi connectivity index (χ4n) is 2.59. The molecule has 20 heavy (non-hydrogen) atoms. The van der Waals surface area contributed by atoms with Crippen LogP contribution in [0.3, 0.4) is 0 Å². The van der Waals surface area contributed by atoms with Crippen LogP contribution >= 0.6 is 0 Å². The van der Waals surface area contributed by atoms with Crippen LogP contribution in [0.4, 0.5) is 0 Å². The van der Waals surface area contributed by atoms with Crippen LogP contribution in [0, 0.1) is 5.92 Å². The van der Waals surface area contributed by atoms with Gasteiger partial charge in [0.15, 0.2) is 0 Å². The number of nitrogens with two attached hydrogens (primary N) is 1. The van der Waals surface area contributed by atoms with E-state index in [1.807, 2.05) is 30.3 Å². The van der Waals surface area contributed by atoms with Gasteiger partial charge in [0.05, 0.1) is 0 Å². The van der Waals surface area contributed by atoms with Gasteiger partial charge in [-0.05, 0) is 24.8 Å². The first kappa shape index (κ1) is 16.7. The molecule has 112 valence electrons. The van der Waals surface area contributed by atoms with Gasteiger partial charge >= 0.3 is 0 Å². The Labute approximate surface area is 122 Å². The second kappa shape index (κ2) is 8.75. The predicted molar refractivity (Wildman–Crippen MR) is 84.3 cm³/mol. The maximum atomic E-state index is 12.0. The summed E-state index contributed by atoms with van der Waals surface area (Å²) in [6.07, 6.45) is 3.37. The maximum absolute atomic E-state index is 12.0. The molecule has 2 atom stereocenters. The summed E-state index contributed by atoms with van der Waals surface area (Å²) in [5.41, 5.74) is 7.20. The summed E-state index contributed by atoms with van der Waals surface area (Å²) in [6, 6.07) is 10.1. The molecule has 3 heteroatoms. The molecule has 3 N–H and O–H groups in total. The highest BCUT2D eigenvalue weighted by Crippen LogP contribution is 2.16. The minimum absolute atomic E-state index is 0.0644. The van der Waals surface area contributed by atoms with Crippen LogP contribution in [0.25, 0.3) is 0 Å². The summed E-state index contributed by atoms with van der Waals surface area (Å²) >= 11 is 0. The summed E-state index contributed by atoms with van der Waals surface area (Å²) < 4.78 is 0. The molecule has 1 amide bonds. The normalized spacial score (nSPS) is 14.1. The van der Waals surface area contributed by atoms with E-state index in [0.717, 1.165) is 18.4 Å². The van der Waals surface area contributed by atoms with Crippen molar-refractivity contribution in [3.05, 3.63) is 35.9 Å². The van der Waals surface area contributed by atoms with E-state index in [9.17, 15) is 4.79 Å². The molecule has 0 aliphatic carbocycles. The molecular formula is C17H28N2O. The molecule has 2 unspecified atom stereocenters. The molecule has 1 aromatic carbocycles. The minimum Gasteiger partial charge on any atom is -0.353 e. The topological polar surface area (TPSA) is 55.1 Å².